The predicted molar refractivity (Wildman–Crippen MR) is 99.5 cm³/mol. The van der Waals surface area contributed by atoms with Crippen molar-refractivity contribution in [3.05, 3.63) is 66.1 Å². The van der Waals surface area contributed by atoms with Crippen LogP contribution in [0.1, 0.15) is 11.4 Å². The van der Waals surface area contributed by atoms with E-state index in [1.165, 1.54) is 12.1 Å². The molecule has 0 saturated heterocycles. The number of carbonyl (C=O) groups is 1. The molecule has 0 unspecified atom stereocenters. The maximum atomic E-state index is 12.6. The number of halogens is 3. The average molecular weight is 401 g/mol. The summed E-state index contributed by atoms with van der Waals surface area (Å²) in [5.74, 6) is 1.11. The first-order chi connectivity index (χ1) is 13.8. The van der Waals surface area contributed by atoms with Crippen LogP contribution in [0, 0.1) is 6.92 Å². The van der Waals surface area contributed by atoms with Crippen molar-refractivity contribution in [2.45, 2.75) is 13.1 Å². The van der Waals surface area contributed by atoms with Crippen molar-refractivity contribution in [1.29, 1.82) is 0 Å². The van der Waals surface area contributed by atoms with E-state index < -0.39 is 17.8 Å². The quantitative estimate of drug-likeness (QED) is 0.508. The Morgan fingerprint density at radius 1 is 1.00 bits per heavy atom. The summed E-state index contributed by atoms with van der Waals surface area (Å²) in [7, 11) is 0. The molecule has 0 bridgehead atoms. The third-order valence-electron chi connectivity index (χ3n) is 4.13. The number of urea groups is 1. The summed E-state index contributed by atoms with van der Waals surface area (Å²) in [5.41, 5.74) is 1.19. The minimum absolute atomic E-state index is 0.242. The number of nitrogens with zero attached hydrogens (tertiary/aromatic N) is 3. The lowest BCUT2D eigenvalue weighted by molar-refractivity contribution is -0.137. The summed E-state index contributed by atoms with van der Waals surface area (Å²) in [6.45, 7) is 1.81. The van der Waals surface area contributed by atoms with Crippen molar-refractivity contribution >= 4 is 23.1 Å². The van der Waals surface area contributed by atoms with Gasteiger partial charge in [0.25, 0.3) is 0 Å². The molecule has 10 heteroatoms. The van der Waals surface area contributed by atoms with Crippen LogP contribution in [0.25, 0.3) is 17.2 Å². The maximum Gasteiger partial charge on any atom is 0.416 e. The normalized spacial score (nSPS) is 11.6. The molecule has 0 saturated carbocycles. The number of hydrogen-bond acceptors (Lipinski definition) is 4. The van der Waals surface area contributed by atoms with E-state index >= 15 is 0 Å². The summed E-state index contributed by atoms with van der Waals surface area (Å²) in [6.07, 6.45) is -2.85. The molecule has 4 rings (SSSR count). The Labute approximate surface area is 162 Å². The molecule has 0 radical (unpaired) electrons. The molecule has 2 aromatic carbocycles. The van der Waals surface area contributed by atoms with Gasteiger partial charge in [-0.2, -0.15) is 17.7 Å². The van der Waals surface area contributed by atoms with Gasteiger partial charge in [-0.05, 0) is 55.5 Å². The molecule has 2 heterocycles. The molecule has 2 aromatic heterocycles. The van der Waals surface area contributed by atoms with Crippen LogP contribution in [-0.2, 0) is 6.18 Å². The fourth-order valence-electron chi connectivity index (χ4n) is 2.67. The molecule has 0 spiro atoms. The third kappa shape index (κ3) is 3.91. The zero-order valence-electron chi connectivity index (χ0n) is 15.0. The van der Waals surface area contributed by atoms with Crippen LogP contribution in [-0.4, -0.2) is 20.6 Å². The highest BCUT2D eigenvalue weighted by Gasteiger charge is 2.29. The van der Waals surface area contributed by atoms with Gasteiger partial charge in [0.2, 0.25) is 11.6 Å². The molecule has 0 aliphatic carbocycles. The van der Waals surface area contributed by atoms with Crippen LogP contribution < -0.4 is 10.6 Å². The smallest absolute Gasteiger partial charge is 0.416 e. The number of fused-ring (bicyclic) bond motifs is 1. The number of benzene rings is 2. The number of imidazole rings is 1. The number of hydrogen-bond donors (Lipinski definition) is 2. The van der Waals surface area contributed by atoms with Crippen molar-refractivity contribution in [1.82, 2.24) is 14.6 Å². The van der Waals surface area contributed by atoms with Gasteiger partial charge in [-0.15, -0.1) is 5.10 Å². The van der Waals surface area contributed by atoms with Crippen LogP contribution in [0.5, 0.6) is 0 Å². The standard InChI is InChI=1S/C19H14F3N5O2/c1-11-23-10-16-27(11)26-17(29-16)12-2-6-14(7-3-12)24-18(28)25-15-8-4-13(5-9-15)19(20,21)22/h2-10H,1H3,(H2,24,25,28). The average Bonchev–Trinajstić information content (AvgIpc) is 3.24. The van der Waals surface area contributed by atoms with Gasteiger partial charge in [0.05, 0.1) is 11.8 Å². The van der Waals surface area contributed by atoms with Gasteiger partial charge in [-0.3, -0.25) is 0 Å². The van der Waals surface area contributed by atoms with E-state index in [0.717, 1.165) is 12.1 Å². The van der Waals surface area contributed by atoms with E-state index in [0.29, 0.717) is 28.7 Å². The highest BCUT2D eigenvalue weighted by molar-refractivity contribution is 5.99. The number of rotatable bonds is 3. The Bertz CT molecular complexity index is 1160. The van der Waals surface area contributed by atoms with Crippen LogP contribution in [0.3, 0.4) is 0 Å². The van der Waals surface area contributed by atoms with E-state index in [9.17, 15) is 18.0 Å². The van der Waals surface area contributed by atoms with E-state index in [1.54, 1.807) is 35.0 Å². The summed E-state index contributed by atoms with van der Waals surface area (Å²) < 4.78 is 44.9. The second kappa shape index (κ2) is 6.97. The summed E-state index contributed by atoms with van der Waals surface area (Å²) in [4.78, 5) is 16.1. The molecule has 0 aliphatic rings. The number of aryl methyl sites for hydroxylation is 1. The summed E-state index contributed by atoms with van der Waals surface area (Å²) in [6, 6.07) is 10.4. The molecule has 148 valence electrons. The Morgan fingerprint density at radius 3 is 2.14 bits per heavy atom. The number of alkyl halides is 3. The topological polar surface area (TPSA) is 84.5 Å². The Kier molecular flexibility index (Phi) is 4.45. The number of nitrogens with one attached hydrogen (secondary N) is 2. The first kappa shape index (κ1) is 18.5. The SMILES string of the molecule is Cc1ncc2oc(-c3ccc(NC(=O)Nc4ccc(C(F)(F)F)cc4)cc3)nn12. The largest absolute Gasteiger partial charge is 0.417 e. The van der Waals surface area contributed by atoms with Gasteiger partial charge in [0.15, 0.2) is 0 Å². The van der Waals surface area contributed by atoms with Crippen molar-refractivity contribution in [2.24, 2.45) is 0 Å². The second-order valence-electron chi connectivity index (χ2n) is 6.19. The van der Waals surface area contributed by atoms with Gasteiger partial charge < -0.3 is 15.1 Å². The molecule has 4 aromatic rings. The van der Waals surface area contributed by atoms with Crippen LogP contribution in [0.2, 0.25) is 0 Å². The van der Waals surface area contributed by atoms with E-state index in [1.807, 2.05) is 6.92 Å². The third-order valence-corrected chi connectivity index (χ3v) is 4.13. The van der Waals surface area contributed by atoms with Crippen LogP contribution in [0.4, 0.5) is 29.3 Å². The molecule has 29 heavy (non-hydrogen) atoms. The number of anilines is 2. The fraction of sp³-hybridized carbons (Fsp3) is 0.105. The van der Waals surface area contributed by atoms with E-state index in [2.05, 4.69) is 20.7 Å². The van der Waals surface area contributed by atoms with Crippen molar-refractivity contribution in [3.8, 4) is 11.5 Å². The summed E-state index contributed by atoms with van der Waals surface area (Å²) >= 11 is 0. The molecular weight excluding hydrogens is 387 g/mol. The molecule has 0 aliphatic heterocycles. The lowest BCUT2D eigenvalue weighted by Crippen LogP contribution is -2.19. The minimum Gasteiger partial charge on any atom is -0.417 e. The first-order valence-corrected chi connectivity index (χ1v) is 8.46. The highest BCUT2D eigenvalue weighted by Crippen LogP contribution is 2.30. The zero-order valence-corrected chi connectivity index (χ0v) is 15.0. The number of carbonyl (C=O) groups excluding carboxylic acids is 1. The maximum absolute atomic E-state index is 12.6. The fourth-order valence-corrected chi connectivity index (χ4v) is 2.67. The Morgan fingerprint density at radius 2 is 1.59 bits per heavy atom. The van der Waals surface area contributed by atoms with E-state index in [-0.39, 0.29) is 5.69 Å². The lowest BCUT2D eigenvalue weighted by atomic mass is 10.2. The zero-order chi connectivity index (χ0) is 20.6. The molecule has 0 atom stereocenters. The van der Waals surface area contributed by atoms with Gasteiger partial charge in [-0.25, -0.2) is 9.78 Å². The van der Waals surface area contributed by atoms with Gasteiger partial charge in [0.1, 0.15) is 5.82 Å². The second-order valence-corrected chi connectivity index (χ2v) is 6.19. The number of amides is 2. The van der Waals surface area contributed by atoms with E-state index in [4.69, 9.17) is 4.42 Å². The molecular formula is C19H14F3N5O2. The lowest BCUT2D eigenvalue weighted by Gasteiger charge is -2.10. The van der Waals surface area contributed by atoms with Crippen LogP contribution in [0.15, 0.2) is 59.1 Å². The van der Waals surface area contributed by atoms with Crippen molar-refractivity contribution in [2.75, 3.05) is 10.6 Å². The molecule has 2 N–H and O–H groups in total. The van der Waals surface area contributed by atoms with Gasteiger partial charge >= 0.3 is 12.2 Å². The predicted octanol–water partition coefficient (Wildman–Crippen LogP) is 4.96. The molecule has 7 nitrogen and oxygen atoms in total. The summed E-state index contributed by atoms with van der Waals surface area (Å²) in [5, 5.41) is 9.40. The van der Waals surface area contributed by atoms with Crippen LogP contribution >= 0.6 is 0 Å². The minimum atomic E-state index is -4.42. The Balaban J connectivity index is 1.41. The first-order valence-electron chi connectivity index (χ1n) is 8.46. The molecule has 0 fully saturated rings. The highest BCUT2D eigenvalue weighted by atomic mass is 19.4. The number of aromatic nitrogens is 3. The van der Waals surface area contributed by atoms with Gasteiger partial charge in [0, 0.05) is 16.9 Å². The van der Waals surface area contributed by atoms with Crippen molar-refractivity contribution < 1.29 is 22.4 Å². The monoisotopic (exact) mass is 401 g/mol. The van der Waals surface area contributed by atoms with Gasteiger partial charge in [-0.1, -0.05) is 0 Å². The Hall–Kier alpha value is -3.82. The molecule has 2 amide bonds. The van der Waals surface area contributed by atoms with Crippen molar-refractivity contribution in [3.63, 3.8) is 0 Å².